The maximum atomic E-state index is 13.4. The number of hydrogen-bond acceptors (Lipinski definition) is 9. The van der Waals surface area contributed by atoms with Crippen LogP contribution in [-0.2, 0) is 24.2 Å². The quantitative estimate of drug-likeness (QED) is 0.160. The summed E-state index contributed by atoms with van der Waals surface area (Å²) in [6, 6.07) is 20.1. The average molecular weight is 737 g/mol. The lowest BCUT2D eigenvalue weighted by Crippen LogP contribution is -2.22. The fraction of sp³-hybridized carbons (Fsp3) is 0.243. The van der Waals surface area contributed by atoms with Crippen LogP contribution in [-0.4, -0.2) is 64.2 Å². The molecule has 6 aromatic rings. The Hall–Kier alpha value is -6.19. The molecule has 0 bridgehead atoms. The highest BCUT2D eigenvalue weighted by atomic mass is 35.5. The Morgan fingerprint density at radius 2 is 1.57 bits per heavy atom. The number of aromatic nitrogens is 8. The van der Waals surface area contributed by atoms with E-state index in [4.69, 9.17) is 16.3 Å². The second kappa shape index (κ2) is 16.4. The predicted octanol–water partition coefficient (Wildman–Crippen LogP) is 4.73. The maximum Gasteiger partial charge on any atom is 0.295 e. The van der Waals surface area contributed by atoms with E-state index in [-0.39, 0.29) is 28.6 Å². The van der Waals surface area contributed by atoms with Crippen LogP contribution in [0.15, 0.2) is 101 Å². The van der Waals surface area contributed by atoms with Gasteiger partial charge in [0.15, 0.2) is 11.5 Å². The second-order valence-corrected chi connectivity index (χ2v) is 12.5. The molecule has 0 aliphatic heterocycles. The van der Waals surface area contributed by atoms with Gasteiger partial charge in [-0.1, -0.05) is 36.7 Å². The molecule has 0 saturated carbocycles. The van der Waals surface area contributed by atoms with Gasteiger partial charge in [-0.3, -0.25) is 19.2 Å². The van der Waals surface area contributed by atoms with Gasteiger partial charge in [-0.05, 0) is 61.7 Å². The van der Waals surface area contributed by atoms with Gasteiger partial charge < -0.3 is 24.5 Å². The topological polar surface area (TPSA) is 173 Å². The minimum atomic E-state index is -0.569. The Labute approximate surface area is 308 Å². The fourth-order valence-electron chi connectivity index (χ4n) is 5.64. The van der Waals surface area contributed by atoms with Gasteiger partial charge in [0.1, 0.15) is 5.82 Å². The minimum Gasteiger partial charge on any atom is -0.383 e. The SMILES string of the molecule is CCn1cc(NC(=O)c2cc(C(C)CCc3nc(C(=O)Nc4ccc(=O)n(CCOC)c4)nn3-c3ccccc3Cl)n(-c3ccccn3)n2)ccc1=O. The van der Waals surface area contributed by atoms with Crippen molar-refractivity contribution in [2.24, 2.45) is 0 Å². The van der Waals surface area contributed by atoms with Crippen molar-refractivity contribution in [2.75, 3.05) is 24.4 Å². The molecule has 0 aliphatic carbocycles. The molecule has 272 valence electrons. The normalized spacial score (nSPS) is 11.7. The first-order valence-electron chi connectivity index (χ1n) is 16.9. The van der Waals surface area contributed by atoms with E-state index in [2.05, 4.69) is 30.8 Å². The first kappa shape index (κ1) is 36.6. The highest BCUT2D eigenvalue weighted by Crippen LogP contribution is 2.27. The Morgan fingerprint density at radius 3 is 2.26 bits per heavy atom. The first-order valence-corrected chi connectivity index (χ1v) is 17.3. The third kappa shape index (κ3) is 8.48. The lowest BCUT2D eigenvalue weighted by Gasteiger charge is -2.14. The van der Waals surface area contributed by atoms with E-state index in [1.54, 1.807) is 71.3 Å². The van der Waals surface area contributed by atoms with Crippen molar-refractivity contribution in [3.63, 3.8) is 0 Å². The number of anilines is 2. The van der Waals surface area contributed by atoms with Crippen LogP contribution in [0.3, 0.4) is 0 Å². The molecule has 0 radical (unpaired) electrons. The zero-order valence-corrected chi connectivity index (χ0v) is 30.0. The number of methoxy groups -OCH3 is 1. The molecular weight excluding hydrogens is 700 g/mol. The van der Waals surface area contributed by atoms with E-state index in [9.17, 15) is 19.2 Å². The van der Waals surface area contributed by atoms with Crippen LogP contribution in [0.1, 0.15) is 58.8 Å². The number of nitrogens with one attached hydrogen (secondary N) is 2. The second-order valence-electron chi connectivity index (χ2n) is 12.1. The summed E-state index contributed by atoms with van der Waals surface area (Å²) in [6.45, 7) is 4.95. The lowest BCUT2D eigenvalue weighted by atomic mass is 10.0. The largest absolute Gasteiger partial charge is 0.383 e. The fourth-order valence-corrected chi connectivity index (χ4v) is 5.85. The third-order valence-electron chi connectivity index (χ3n) is 8.46. The number of aryl methyl sites for hydroxylation is 2. The van der Waals surface area contributed by atoms with E-state index in [0.717, 1.165) is 5.69 Å². The lowest BCUT2D eigenvalue weighted by molar-refractivity contribution is 0.101. The Balaban J connectivity index is 1.27. The summed E-state index contributed by atoms with van der Waals surface area (Å²) >= 11 is 6.58. The minimum absolute atomic E-state index is 0.0888. The molecule has 2 N–H and O–H groups in total. The van der Waals surface area contributed by atoms with Crippen LogP contribution in [0.5, 0.6) is 0 Å². The van der Waals surface area contributed by atoms with Gasteiger partial charge in [0, 0.05) is 63.0 Å². The van der Waals surface area contributed by atoms with Gasteiger partial charge in [-0.25, -0.2) is 19.3 Å². The van der Waals surface area contributed by atoms with Crippen molar-refractivity contribution >= 4 is 34.8 Å². The molecule has 1 unspecified atom stereocenters. The van der Waals surface area contributed by atoms with Gasteiger partial charge in [0.05, 0.1) is 28.7 Å². The van der Waals surface area contributed by atoms with Crippen LogP contribution in [0, 0.1) is 0 Å². The molecule has 1 atom stereocenters. The van der Waals surface area contributed by atoms with Gasteiger partial charge in [0.25, 0.3) is 22.9 Å². The van der Waals surface area contributed by atoms with Crippen LogP contribution >= 0.6 is 11.6 Å². The summed E-state index contributed by atoms with van der Waals surface area (Å²) in [5.41, 5.74) is 1.89. The molecule has 0 spiro atoms. The third-order valence-corrected chi connectivity index (χ3v) is 8.78. The molecule has 0 saturated heterocycles. The van der Waals surface area contributed by atoms with Crippen molar-refractivity contribution in [1.82, 2.24) is 38.7 Å². The van der Waals surface area contributed by atoms with E-state index in [1.165, 1.54) is 33.5 Å². The number of benzene rings is 1. The monoisotopic (exact) mass is 736 g/mol. The summed E-state index contributed by atoms with van der Waals surface area (Å²) in [7, 11) is 1.54. The summed E-state index contributed by atoms with van der Waals surface area (Å²) in [4.78, 5) is 60.3. The molecule has 6 rings (SSSR count). The number of hydrogen-bond donors (Lipinski definition) is 2. The number of carbonyl (C=O) groups excluding carboxylic acids is 2. The summed E-state index contributed by atoms with van der Waals surface area (Å²) in [6.07, 6.45) is 5.64. The maximum absolute atomic E-state index is 13.4. The number of para-hydroxylation sites is 1. The molecule has 0 aliphatic rings. The zero-order valence-electron chi connectivity index (χ0n) is 29.3. The molecule has 5 heterocycles. The highest BCUT2D eigenvalue weighted by Gasteiger charge is 2.24. The Morgan fingerprint density at radius 1 is 0.868 bits per heavy atom. The van der Waals surface area contributed by atoms with E-state index in [1.807, 2.05) is 26.0 Å². The zero-order chi connectivity index (χ0) is 37.5. The molecular formula is C37H37ClN10O5. The van der Waals surface area contributed by atoms with Gasteiger partial charge in [-0.15, -0.1) is 5.10 Å². The molecule has 0 fully saturated rings. The van der Waals surface area contributed by atoms with Crippen LogP contribution in [0.25, 0.3) is 11.5 Å². The number of rotatable bonds is 14. The predicted molar refractivity (Wildman–Crippen MR) is 199 cm³/mol. The Kier molecular flexibility index (Phi) is 11.3. The number of halogens is 1. The number of nitrogens with zero attached hydrogens (tertiary/aromatic N) is 8. The van der Waals surface area contributed by atoms with Crippen molar-refractivity contribution < 1.29 is 14.3 Å². The van der Waals surface area contributed by atoms with Gasteiger partial charge in [-0.2, -0.15) is 5.10 Å². The van der Waals surface area contributed by atoms with E-state index >= 15 is 0 Å². The highest BCUT2D eigenvalue weighted by molar-refractivity contribution is 6.32. The summed E-state index contributed by atoms with van der Waals surface area (Å²) in [5.74, 6) is -0.283. The van der Waals surface area contributed by atoms with Crippen molar-refractivity contribution in [2.45, 2.75) is 45.7 Å². The van der Waals surface area contributed by atoms with E-state index < -0.39 is 11.8 Å². The number of ether oxygens (including phenoxy) is 1. The molecule has 5 aromatic heterocycles. The molecule has 53 heavy (non-hydrogen) atoms. The number of pyridine rings is 3. The number of carbonyl (C=O) groups is 2. The van der Waals surface area contributed by atoms with Crippen molar-refractivity contribution in [3.8, 4) is 11.5 Å². The molecule has 2 amide bonds. The standard InChI is InChI=1S/C37H37ClN10O5/c1-4-45-22-25(13-16-33(45)49)40-36(51)28-21-30(48(43-28)31-11-7-8-18-39-31)24(2)12-15-32-42-35(44-47(32)29-10-6-5-9-27(29)38)37(52)41-26-14-17-34(50)46(23-26)19-20-53-3/h5-11,13-14,16-18,21-24H,4,12,15,19-20H2,1-3H3,(H,40,51)(H,41,52). The molecule has 15 nitrogen and oxygen atoms in total. The van der Waals surface area contributed by atoms with Crippen LogP contribution in [0.4, 0.5) is 11.4 Å². The smallest absolute Gasteiger partial charge is 0.295 e. The Bertz CT molecular complexity index is 2370. The van der Waals surface area contributed by atoms with Gasteiger partial charge >= 0.3 is 0 Å². The van der Waals surface area contributed by atoms with Crippen molar-refractivity contribution in [3.05, 3.63) is 140 Å². The first-order chi connectivity index (χ1) is 25.6. The summed E-state index contributed by atoms with van der Waals surface area (Å²) < 4.78 is 11.2. The van der Waals surface area contributed by atoms with E-state index in [0.29, 0.717) is 66.3 Å². The van der Waals surface area contributed by atoms with Gasteiger partial charge in [0.2, 0.25) is 5.82 Å². The average Bonchev–Trinajstić information content (AvgIpc) is 3.81. The summed E-state index contributed by atoms with van der Waals surface area (Å²) in [5, 5.41) is 15.2. The van der Waals surface area contributed by atoms with Crippen molar-refractivity contribution in [1.29, 1.82) is 0 Å². The molecule has 16 heteroatoms. The molecule has 1 aromatic carbocycles. The number of amides is 2. The van der Waals surface area contributed by atoms with Crippen LogP contribution in [0.2, 0.25) is 5.02 Å². The van der Waals surface area contributed by atoms with Crippen LogP contribution < -0.4 is 21.8 Å².